The molecule has 0 spiro atoms. The third-order valence-electron chi connectivity index (χ3n) is 5.37. The minimum Gasteiger partial charge on any atom is -0.508 e. The standard InChI is InChI=1S/C22H27N3O3/c1-4-8-24-13-16(3)25(14-15(24)2)21(17-6-5-7-20(26)10-17)18-9-19(22(27)28)12-23-11-18/h4-7,9-12,15-16,21,26H,1,8,13-14H2,2-3H3,(H,27,28)/t15-,16+,21-/m1/s1. The summed E-state index contributed by atoms with van der Waals surface area (Å²) in [5.74, 6) is -0.808. The largest absolute Gasteiger partial charge is 0.508 e. The van der Waals surface area contributed by atoms with Gasteiger partial charge < -0.3 is 10.2 Å². The van der Waals surface area contributed by atoms with Gasteiger partial charge in [-0.1, -0.05) is 18.2 Å². The third-order valence-corrected chi connectivity index (χ3v) is 5.37. The molecule has 3 rings (SSSR count). The minimum atomic E-state index is -0.999. The highest BCUT2D eigenvalue weighted by atomic mass is 16.4. The zero-order chi connectivity index (χ0) is 20.3. The van der Waals surface area contributed by atoms with Crippen molar-refractivity contribution in [1.82, 2.24) is 14.8 Å². The fourth-order valence-corrected chi connectivity index (χ4v) is 4.00. The van der Waals surface area contributed by atoms with Crippen LogP contribution in [0.15, 0.2) is 55.4 Å². The molecule has 1 aliphatic rings. The number of carboxylic acid groups (broad SMARTS) is 1. The lowest BCUT2D eigenvalue weighted by Crippen LogP contribution is -2.57. The average Bonchev–Trinajstić information content (AvgIpc) is 2.66. The van der Waals surface area contributed by atoms with Gasteiger partial charge in [0, 0.05) is 44.1 Å². The summed E-state index contributed by atoms with van der Waals surface area (Å²) in [6, 6.07) is 9.20. The number of aromatic nitrogens is 1. The van der Waals surface area contributed by atoms with Crippen molar-refractivity contribution < 1.29 is 15.0 Å². The number of aromatic carboxylic acids is 1. The van der Waals surface area contributed by atoms with Crippen LogP contribution in [0.5, 0.6) is 5.75 Å². The van der Waals surface area contributed by atoms with Crippen LogP contribution in [0.2, 0.25) is 0 Å². The summed E-state index contributed by atoms with van der Waals surface area (Å²) in [6.45, 7) is 10.7. The number of phenols is 1. The Hall–Kier alpha value is -2.70. The van der Waals surface area contributed by atoms with E-state index in [4.69, 9.17) is 0 Å². The number of benzene rings is 1. The smallest absolute Gasteiger partial charge is 0.337 e. The molecule has 2 N–H and O–H groups in total. The lowest BCUT2D eigenvalue weighted by atomic mass is 9.93. The van der Waals surface area contributed by atoms with Gasteiger partial charge in [-0.15, -0.1) is 6.58 Å². The van der Waals surface area contributed by atoms with E-state index in [-0.39, 0.29) is 23.4 Å². The van der Waals surface area contributed by atoms with Crippen molar-refractivity contribution in [2.45, 2.75) is 32.0 Å². The monoisotopic (exact) mass is 381 g/mol. The molecule has 0 unspecified atom stereocenters. The summed E-state index contributed by atoms with van der Waals surface area (Å²) in [4.78, 5) is 20.4. The van der Waals surface area contributed by atoms with E-state index in [1.807, 2.05) is 18.2 Å². The van der Waals surface area contributed by atoms with Crippen LogP contribution in [-0.2, 0) is 0 Å². The van der Waals surface area contributed by atoms with Gasteiger partial charge in [-0.3, -0.25) is 14.8 Å². The Balaban J connectivity index is 2.03. The molecule has 6 heteroatoms. The van der Waals surface area contributed by atoms with Crippen LogP contribution in [0, 0.1) is 0 Å². The van der Waals surface area contributed by atoms with Crippen LogP contribution in [0.4, 0.5) is 0 Å². The molecule has 1 fully saturated rings. The first-order chi connectivity index (χ1) is 13.4. The van der Waals surface area contributed by atoms with Crippen molar-refractivity contribution in [3.8, 4) is 5.75 Å². The Kier molecular flexibility index (Phi) is 6.11. The predicted molar refractivity (Wildman–Crippen MR) is 109 cm³/mol. The third kappa shape index (κ3) is 4.24. The topological polar surface area (TPSA) is 76.9 Å². The van der Waals surface area contributed by atoms with Gasteiger partial charge in [0.25, 0.3) is 0 Å². The maximum atomic E-state index is 11.5. The van der Waals surface area contributed by atoms with Gasteiger partial charge in [0.05, 0.1) is 11.6 Å². The first-order valence-corrected chi connectivity index (χ1v) is 9.48. The van der Waals surface area contributed by atoms with Crippen LogP contribution in [0.3, 0.4) is 0 Å². The Morgan fingerprint density at radius 1 is 1.25 bits per heavy atom. The fourth-order valence-electron chi connectivity index (χ4n) is 4.00. The Morgan fingerprint density at radius 3 is 2.71 bits per heavy atom. The van der Waals surface area contributed by atoms with Crippen molar-refractivity contribution in [3.05, 3.63) is 72.1 Å². The van der Waals surface area contributed by atoms with Crippen LogP contribution < -0.4 is 0 Å². The van der Waals surface area contributed by atoms with E-state index < -0.39 is 5.97 Å². The van der Waals surface area contributed by atoms with Crippen molar-refractivity contribution in [3.63, 3.8) is 0 Å². The van der Waals surface area contributed by atoms with Gasteiger partial charge in [0.15, 0.2) is 0 Å². The molecule has 2 heterocycles. The van der Waals surface area contributed by atoms with Gasteiger partial charge in [-0.25, -0.2) is 4.79 Å². The van der Waals surface area contributed by atoms with Crippen molar-refractivity contribution in [2.24, 2.45) is 0 Å². The van der Waals surface area contributed by atoms with Crippen LogP contribution in [-0.4, -0.2) is 62.7 Å². The molecule has 6 nitrogen and oxygen atoms in total. The van der Waals surface area contributed by atoms with E-state index >= 15 is 0 Å². The van der Waals surface area contributed by atoms with Gasteiger partial charge in [-0.2, -0.15) is 0 Å². The van der Waals surface area contributed by atoms with Gasteiger partial charge >= 0.3 is 5.97 Å². The maximum Gasteiger partial charge on any atom is 0.337 e. The van der Waals surface area contributed by atoms with E-state index in [9.17, 15) is 15.0 Å². The molecule has 2 aromatic rings. The first-order valence-electron chi connectivity index (χ1n) is 9.48. The quantitative estimate of drug-likeness (QED) is 0.749. The summed E-state index contributed by atoms with van der Waals surface area (Å²) in [6.07, 6.45) is 5.00. The molecule has 0 radical (unpaired) electrons. The number of aromatic hydroxyl groups is 1. The summed E-state index contributed by atoms with van der Waals surface area (Å²) in [5, 5.41) is 19.4. The molecule has 1 aromatic heterocycles. The molecule has 1 aliphatic heterocycles. The molecular weight excluding hydrogens is 354 g/mol. The molecule has 0 saturated carbocycles. The summed E-state index contributed by atoms with van der Waals surface area (Å²) >= 11 is 0. The van der Waals surface area contributed by atoms with Gasteiger partial charge in [-0.05, 0) is 43.2 Å². The predicted octanol–water partition coefficient (Wildman–Crippen LogP) is 3.16. The maximum absolute atomic E-state index is 11.5. The number of carbonyl (C=O) groups is 1. The Labute approximate surface area is 165 Å². The van der Waals surface area contributed by atoms with Crippen LogP contribution in [0.25, 0.3) is 0 Å². The molecule has 0 aliphatic carbocycles. The number of pyridine rings is 1. The molecule has 1 aromatic carbocycles. The zero-order valence-electron chi connectivity index (χ0n) is 16.3. The average molecular weight is 381 g/mol. The highest BCUT2D eigenvalue weighted by molar-refractivity contribution is 5.87. The van der Waals surface area contributed by atoms with Crippen molar-refractivity contribution in [1.29, 1.82) is 0 Å². The normalized spacial score (nSPS) is 21.9. The zero-order valence-corrected chi connectivity index (χ0v) is 16.3. The molecule has 148 valence electrons. The fraction of sp³-hybridized carbons (Fsp3) is 0.364. The number of phenolic OH excluding ortho intramolecular Hbond substituents is 1. The molecule has 0 bridgehead atoms. The number of hydrogen-bond acceptors (Lipinski definition) is 5. The first kappa shape index (κ1) is 20.0. The van der Waals surface area contributed by atoms with Crippen LogP contribution in [0.1, 0.15) is 41.4 Å². The minimum absolute atomic E-state index is 0.161. The van der Waals surface area contributed by atoms with E-state index in [0.717, 1.165) is 30.8 Å². The van der Waals surface area contributed by atoms with Gasteiger partial charge in [0.1, 0.15) is 5.75 Å². The van der Waals surface area contributed by atoms with Crippen molar-refractivity contribution in [2.75, 3.05) is 19.6 Å². The second kappa shape index (κ2) is 8.54. The summed E-state index contributed by atoms with van der Waals surface area (Å²) in [7, 11) is 0. The van der Waals surface area contributed by atoms with E-state index in [0.29, 0.717) is 6.04 Å². The van der Waals surface area contributed by atoms with Crippen molar-refractivity contribution >= 4 is 5.97 Å². The highest BCUT2D eigenvalue weighted by Gasteiger charge is 2.34. The molecule has 1 saturated heterocycles. The van der Waals surface area contributed by atoms with E-state index in [2.05, 4.69) is 35.2 Å². The summed E-state index contributed by atoms with van der Waals surface area (Å²) in [5.41, 5.74) is 1.89. The second-order valence-corrected chi connectivity index (χ2v) is 7.45. The SMILES string of the molecule is C=CCN1C[C@H](C)N([C@H](c2cccc(O)c2)c2cncc(C(=O)O)c2)C[C@H]1C. The molecular formula is C22H27N3O3. The Bertz CT molecular complexity index is 854. The number of nitrogens with zero attached hydrogens (tertiary/aromatic N) is 3. The molecule has 28 heavy (non-hydrogen) atoms. The second-order valence-electron chi connectivity index (χ2n) is 7.45. The molecule has 0 amide bonds. The van der Waals surface area contributed by atoms with E-state index in [1.54, 1.807) is 24.4 Å². The number of rotatable bonds is 6. The lowest BCUT2D eigenvalue weighted by molar-refractivity contribution is 0.0305. The van der Waals surface area contributed by atoms with E-state index in [1.165, 1.54) is 6.20 Å². The van der Waals surface area contributed by atoms with Gasteiger partial charge in [0.2, 0.25) is 0 Å². The summed E-state index contributed by atoms with van der Waals surface area (Å²) < 4.78 is 0. The number of piperazine rings is 1. The highest BCUT2D eigenvalue weighted by Crippen LogP contribution is 2.34. The number of carboxylic acids is 1. The molecule has 3 atom stereocenters. The number of hydrogen-bond donors (Lipinski definition) is 2. The van der Waals surface area contributed by atoms with Crippen LogP contribution >= 0.6 is 0 Å². The Morgan fingerprint density at radius 2 is 2.04 bits per heavy atom. The lowest BCUT2D eigenvalue weighted by Gasteiger charge is -2.47.